The Kier molecular flexibility index (Phi) is 7.27. The summed E-state index contributed by atoms with van der Waals surface area (Å²) in [6.45, 7) is 6.55. The molecule has 0 amide bonds. The van der Waals surface area contributed by atoms with E-state index in [4.69, 9.17) is 0 Å². The van der Waals surface area contributed by atoms with E-state index in [2.05, 4.69) is 11.8 Å². The van der Waals surface area contributed by atoms with Gasteiger partial charge in [0.25, 0.3) is 0 Å². The van der Waals surface area contributed by atoms with Crippen LogP contribution in [0, 0.1) is 11.8 Å². The summed E-state index contributed by atoms with van der Waals surface area (Å²) in [5, 5.41) is 0. The molecule has 0 spiro atoms. The van der Waals surface area contributed by atoms with Gasteiger partial charge in [-0.25, -0.2) is 0 Å². The maximum Gasteiger partial charge on any atom is 0.00129 e. The maximum absolute atomic E-state index is 2.78. The van der Waals surface area contributed by atoms with E-state index in [0.29, 0.717) is 0 Å². The lowest BCUT2D eigenvalue weighted by atomic mass is 9.82. The first-order valence-electron chi connectivity index (χ1n) is 9.12. The van der Waals surface area contributed by atoms with E-state index in [1.807, 2.05) is 0 Å². The summed E-state index contributed by atoms with van der Waals surface area (Å²) in [5.41, 5.74) is 0. The molecule has 0 unspecified atom stereocenters. The molecule has 1 saturated carbocycles. The molecule has 0 aromatic carbocycles. The van der Waals surface area contributed by atoms with Crippen molar-refractivity contribution in [3.63, 3.8) is 0 Å². The average Bonchev–Trinajstić information content (AvgIpc) is 2.84. The highest BCUT2D eigenvalue weighted by Gasteiger charge is 2.33. The minimum atomic E-state index is 1.07. The molecule has 1 aliphatic carbocycles. The Hall–Kier alpha value is -0.0400. The third-order valence-electron chi connectivity index (χ3n) is 5.38. The van der Waals surface area contributed by atoms with Gasteiger partial charge in [0.05, 0.1) is 0 Å². The fourth-order valence-corrected chi connectivity index (χ4v) is 4.15. The molecule has 2 rings (SSSR count). The van der Waals surface area contributed by atoms with Gasteiger partial charge in [-0.1, -0.05) is 64.7 Å². The predicted octanol–water partition coefficient (Wildman–Crippen LogP) is 5.25. The van der Waals surface area contributed by atoms with Gasteiger partial charge in [0.15, 0.2) is 0 Å². The van der Waals surface area contributed by atoms with E-state index in [1.54, 1.807) is 0 Å². The molecule has 0 aromatic rings. The van der Waals surface area contributed by atoms with Crippen molar-refractivity contribution in [1.29, 1.82) is 0 Å². The van der Waals surface area contributed by atoms with E-state index in [9.17, 15) is 0 Å². The highest BCUT2D eigenvalue weighted by Crippen LogP contribution is 2.35. The van der Waals surface area contributed by atoms with Crippen LogP contribution in [0.5, 0.6) is 0 Å². The Morgan fingerprint density at radius 3 is 1.84 bits per heavy atom. The first-order valence-corrected chi connectivity index (χ1v) is 9.12. The van der Waals surface area contributed by atoms with Crippen LogP contribution in [0.3, 0.4) is 0 Å². The molecule has 0 radical (unpaired) electrons. The Morgan fingerprint density at radius 2 is 1.26 bits per heavy atom. The molecular formula is C18H35N. The molecule has 1 nitrogen and oxygen atoms in total. The molecule has 1 heterocycles. The minimum Gasteiger partial charge on any atom is -0.303 e. The molecule has 19 heavy (non-hydrogen) atoms. The molecule has 2 aliphatic rings. The summed E-state index contributed by atoms with van der Waals surface area (Å²) >= 11 is 0. The molecular weight excluding hydrogens is 230 g/mol. The normalized spacial score (nSPS) is 27.6. The third-order valence-corrected chi connectivity index (χ3v) is 5.38. The summed E-state index contributed by atoms with van der Waals surface area (Å²) in [6, 6.07) is 0. The van der Waals surface area contributed by atoms with Gasteiger partial charge in [-0.15, -0.1) is 0 Å². The molecule has 0 aromatic heterocycles. The second kappa shape index (κ2) is 9.00. The molecule has 1 heteroatoms. The zero-order valence-corrected chi connectivity index (χ0v) is 13.2. The van der Waals surface area contributed by atoms with Crippen LogP contribution in [0.1, 0.15) is 84.0 Å². The van der Waals surface area contributed by atoms with Crippen LogP contribution in [-0.2, 0) is 0 Å². The van der Waals surface area contributed by atoms with E-state index in [0.717, 1.165) is 11.8 Å². The highest BCUT2D eigenvalue weighted by atomic mass is 15.1. The molecule has 2 atom stereocenters. The molecule has 1 saturated heterocycles. The molecule has 2 fully saturated rings. The quantitative estimate of drug-likeness (QED) is 0.515. The van der Waals surface area contributed by atoms with Gasteiger partial charge < -0.3 is 4.90 Å². The van der Waals surface area contributed by atoms with Gasteiger partial charge in [-0.2, -0.15) is 0 Å². The molecule has 0 bridgehead atoms. The standard InChI is InChI=1S/C18H35N/c1-2-3-4-5-6-7-8-11-14-19-15-17-12-9-10-13-18(17)16-19/h17-18H,2-16H2,1H3/t17-,18-/m1/s1. The first-order chi connectivity index (χ1) is 9.40. The topological polar surface area (TPSA) is 3.24 Å². The Balaban J connectivity index is 1.43. The summed E-state index contributed by atoms with van der Waals surface area (Å²) in [7, 11) is 0. The van der Waals surface area contributed by atoms with Crippen LogP contribution >= 0.6 is 0 Å². The monoisotopic (exact) mass is 265 g/mol. The maximum atomic E-state index is 2.78. The van der Waals surface area contributed by atoms with E-state index in [1.165, 1.54) is 96.7 Å². The Labute approximate surface area is 121 Å². The lowest BCUT2D eigenvalue weighted by Gasteiger charge is -2.23. The number of unbranched alkanes of at least 4 members (excludes halogenated alkanes) is 7. The second-order valence-corrected chi connectivity index (χ2v) is 7.04. The number of hydrogen-bond donors (Lipinski definition) is 0. The van der Waals surface area contributed by atoms with Gasteiger partial charge in [0, 0.05) is 13.1 Å². The zero-order valence-electron chi connectivity index (χ0n) is 13.2. The van der Waals surface area contributed by atoms with Crippen molar-refractivity contribution in [3.8, 4) is 0 Å². The zero-order chi connectivity index (χ0) is 13.3. The number of rotatable bonds is 9. The first kappa shape index (κ1) is 15.4. The third kappa shape index (κ3) is 5.45. The number of hydrogen-bond acceptors (Lipinski definition) is 1. The number of fused-ring (bicyclic) bond motifs is 1. The van der Waals surface area contributed by atoms with Crippen molar-refractivity contribution < 1.29 is 0 Å². The van der Waals surface area contributed by atoms with Crippen LogP contribution < -0.4 is 0 Å². The smallest absolute Gasteiger partial charge is 0.00129 e. The fraction of sp³-hybridized carbons (Fsp3) is 1.00. The van der Waals surface area contributed by atoms with Gasteiger partial charge in [-0.05, 0) is 37.6 Å². The number of nitrogens with zero attached hydrogens (tertiary/aromatic N) is 1. The van der Waals surface area contributed by atoms with Gasteiger partial charge in [-0.3, -0.25) is 0 Å². The van der Waals surface area contributed by atoms with Crippen LogP contribution in [0.2, 0.25) is 0 Å². The van der Waals surface area contributed by atoms with Crippen molar-refractivity contribution in [2.75, 3.05) is 19.6 Å². The molecule has 112 valence electrons. The average molecular weight is 265 g/mol. The van der Waals surface area contributed by atoms with Gasteiger partial charge in [0.1, 0.15) is 0 Å². The lowest BCUT2D eigenvalue weighted by molar-refractivity contribution is 0.299. The molecule has 0 N–H and O–H groups in total. The van der Waals surface area contributed by atoms with Crippen molar-refractivity contribution >= 4 is 0 Å². The lowest BCUT2D eigenvalue weighted by Crippen LogP contribution is -2.22. The number of likely N-dealkylation sites (tertiary alicyclic amines) is 1. The van der Waals surface area contributed by atoms with E-state index < -0.39 is 0 Å². The Morgan fingerprint density at radius 1 is 0.737 bits per heavy atom. The van der Waals surface area contributed by atoms with Crippen LogP contribution in [0.4, 0.5) is 0 Å². The van der Waals surface area contributed by atoms with E-state index in [-0.39, 0.29) is 0 Å². The largest absolute Gasteiger partial charge is 0.303 e. The predicted molar refractivity (Wildman–Crippen MR) is 84.5 cm³/mol. The van der Waals surface area contributed by atoms with Crippen LogP contribution in [0.15, 0.2) is 0 Å². The molecule has 1 aliphatic heterocycles. The van der Waals surface area contributed by atoms with Crippen LogP contribution in [0.25, 0.3) is 0 Å². The highest BCUT2D eigenvalue weighted by molar-refractivity contribution is 4.86. The van der Waals surface area contributed by atoms with Gasteiger partial charge in [0.2, 0.25) is 0 Å². The van der Waals surface area contributed by atoms with Crippen LogP contribution in [-0.4, -0.2) is 24.5 Å². The Bertz CT molecular complexity index is 212. The minimum absolute atomic E-state index is 1.07. The summed E-state index contributed by atoms with van der Waals surface area (Å²) in [6.07, 6.45) is 17.7. The van der Waals surface area contributed by atoms with Crippen molar-refractivity contribution in [2.45, 2.75) is 84.0 Å². The SMILES string of the molecule is CCCCCCCCCCN1C[C@H]2CCCC[C@@H]2C1. The summed E-state index contributed by atoms with van der Waals surface area (Å²) in [5.74, 6) is 2.14. The van der Waals surface area contributed by atoms with Crippen molar-refractivity contribution in [1.82, 2.24) is 4.90 Å². The second-order valence-electron chi connectivity index (χ2n) is 7.04. The fourth-order valence-electron chi connectivity index (χ4n) is 4.15. The summed E-state index contributed by atoms with van der Waals surface area (Å²) in [4.78, 5) is 2.78. The van der Waals surface area contributed by atoms with Crippen molar-refractivity contribution in [3.05, 3.63) is 0 Å². The summed E-state index contributed by atoms with van der Waals surface area (Å²) < 4.78 is 0. The van der Waals surface area contributed by atoms with Gasteiger partial charge >= 0.3 is 0 Å². The van der Waals surface area contributed by atoms with E-state index >= 15 is 0 Å². The van der Waals surface area contributed by atoms with Crippen molar-refractivity contribution in [2.24, 2.45) is 11.8 Å².